The molecule has 0 radical (unpaired) electrons. The number of hydrogen-bond acceptors (Lipinski definition) is 4. The Hall–Kier alpha value is -2.66. The van der Waals surface area contributed by atoms with Gasteiger partial charge in [-0.1, -0.05) is 0 Å². The van der Waals surface area contributed by atoms with Crippen LogP contribution in [0, 0.1) is 23.0 Å². The summed E-state index contributed by atoms with van der Waals surface area (Å²) in [6.07, 6.45) is 0. The lowest BCUT2D eigenvalue weighted by Crippen LogP contribution is -2.16. The topological polar surface area (TPSA) is 96.0 Å². The smallest absolute Gasteiger partial charge is 0.262 e. The van der Waals surface area contributed by atoms with Gasteiger partial charge in [0.15, 0.2) is 11.6 Å². The van der Waals surface area contributed by atoms with Crippen molar-refractivity contribution >= 4 is 21.4 Å². The van der Waals surface area contributed by atoms with Gasteiger partial charge in [-0.05, 0) is 36.4 Å². The molecule has 2 rings (SSSR count). The van der Waals surface area contributed by atoms with Crippen molar-refractivity contribution in [1.82, 2.24) is 0 Å². The van der Waals surface area contributed by atoms with E-state index in [1.165, 1.54) is 24.3 Å². The monoisotopic (exact) mass is 309 g/mol. The second-order valence-electron chi connectivity index (χ2n) is 4.07. The number of nitrogens with one attached hydrogen (secondary N) is 1. The zero-order valence-electron chi connectivity index (χ0n) is 10.5. The van der Waals surface area contributed by atoms with Crippen LogP contribution in [0.1, 0.15) is 5.56 Å². The molecule has 5 nitrogen and oxygen atoms in total. The van der Waals surface area contributed by atoms with E-state index in [4.69, 9.17) is 11.0 Å². The summed E-state index contributed by atoms with van der Waals surface area (Å²) in [4.78, 5) is -0.204. The lowest BCUT2D eigenvalue weighted by molar-refractivity contribution is 0.512. The zero-order valence-corrected chi connectivity index (χ0v) is 11.3. The fourth-order valence-electron chi connectivity index (χ4n) is 1.57. The molecule has 0 fully saturated rings. The Bertz CT molecular complexity index is 828. The summed E-state index contributed by atoms with van der Waals surface area (Å²) in [6, 6.07) is 8.62. The molecule has 0 unspecified atom stereocenters. The molecule has 0 aliphatic rings. The number of nitrogens with zero attached hydrogens (tertiary/aromatic N) is 1. The Morgan fingerprint density at radius 1 is 1.10 bits per heavy atom. The second-order valence-corrected chi connectivity index (χ2v) is 5.75. The first-order valence-corrected chi connectivity index (χ1v) is 7.10. The molecule has 0 spiro atoms. The van der Waals surface area contributed by atoms with Gasteiger partial charge in [0, 0.05) is 0 Å². The summed E-state index contributed by atoms with van der Waals surface area (Å²) in [5.74, 6) is -2.60. The van der Waals surface area contributed by atoms with Crippen LogP contribution in [0.4, 0.5) is 20.2 Å². The molecule has 0 saturated heterocycles. The molecular weight excluding hydrogens is 300 g/mol. The molecule has 0 amide bonds. The number of hydrogen-bond donors (Lipinski definition) is 2. The van der Waals surface area contributed by atoms with E-state index in [1.54, 1.807) is 0 Å². The Kier molecular flexibility index (Phi) is 3.78. The summed E-state index contributed by atoms with van der Waals surface area (Å²) in [5, 5.41) is 8.65. The number of nitrogen functional groups attached to an aromatic ring is 1. The van der Waals surface area contributed by atoms with E-state index in [-0.39, 0.29) is 16.1 Å². The molecular formula is C13H9F2N3O2S. The normalized spacial score (nSPS) is 10.9. The molecule has 3 N–H and O–H groups in total. The van der Waals surface area contributed by atoms with Crippen LogP contribution in [0.5, 0.6) is 0 Å². The lowest BCUT2D eigenvalue weighted by atomic mass is 10.2. The number of nitriles is 1. The van der Waals surface area contributed by atoms with E-state index in [2.05, 4.69) is 0 Å². The number of halogens is 2. The van der Waals surface area contributed by atoms with Gasteiger partial charge in [-0.25, -0.2) is 17.2 Å². The van der Waals surface area contributed by atoms with Crippen molar-refractivity contribution in [3.8, 4) is 6.07 Å². The maximum absolute atomic E-state index is 13.6. The van der Waals surface area contributed by atoms with Crippen LogP contribution in [-0.4, -0.2) is 8.42 Å². The van der Waals surface area contributed by atoms with Gasteiger partial charge >= 0.3 is 0 Å². The van der Waals surface area contributed by atoms with Gasteiger partial charge in [0.05, 0.1) is 22.2 Å². The zero-order chi connectivity index (χ0) is 15.6. The number of benzene rings is 2. The SMILES string of the molecule is N#Cc1ccc(S(=O)(=O)Nc2c(N)ccc(F)c2F)cc1. The molecule has 0 atom stereocenters. The summed E-state index contributed by atoms with van der Waals surface area (Å²) in [7, 11) is -4.15. The quantitative estimate of drug-likeness (QED) is 0.850. The first-order valence-electron chi connectivity index (χ1n) is 5.61. The minimum absolute atomic E-state index is 0.204. The van der Waals surface area contributed by atoms with Crippen molar-refractivity contribution in [2.24, 2.45) is 0 Å². The molecule has 0 saturated carbocycles. The van der Waals surface area contributed by atoms with Gasteiger partial charge in [-0.2, -0.15) is 5.26 Å². The molecule has 0 bridgehead atoms. The summed E-state index contributed by atoms with van der Waals surface area (Å²) >= 11 is 0. The van der Waals surface area contributed by atoms with Crippen LogP contribution >= 0.6 is 0 Å². The fraction of sp³-hybridized carbons (Fsp3) is 0. The Morgan fingerprint density at radius 3 is 2.29 bits per heavy atom. The third kappa shape index (κ3) is 2.93. The molecule has 0 aliphatic carbocycles. The van der Waals surface area contributed by atoms with Gasteiger partial charge in [-0.15, -0.1) is 0 Å². The first kappa shape index (κ1) is 14.7. The maximum atomic E-state index is 13.6. The van der Waals surface area contributed by atoms with E-state index in [0.717, 1.165) is 12.1 Å². The Labute approximate surface area is 119 Å². The third-order valence-electron chi connectivity index (χ3n) is 2.66. The molecule has 0 aromatic heterocycles. The van der Waals surface area contributed by atoms with E-state index in [0.29, 0.717) is 0 Å². The molecule has 2 aromatic rings. The molecule has 0 aliphatic heterocycles. The molecule has 0 heterocycles. The van der Waals surface area contributed by atoms with Crippen molar-refractivity contribution in [3.63, 3.8) is 0 Å². The molecule has 2 aromatic carbocycles. The largest absolute Gasteiger partial charge is 0.397 e. The minimum atomic E-state index is -4.15. The third-order valence-corrected chi connectivity index (χ3v) is 4.02. The summed E-state index contributed by atoms with van der Waals surface area (Å²) in [6.45, 7) is 0. The Balaban J connectivity index is 2.42. The van der Waals surface area contributed by atoms with Crippen molar-refractivity contribution < 1.29 is 17.2 Å². The number of anilines is 2. The lowest BCUT2D eigenvalue weighted by Gasteiger charge is -2.11. The van der Waals surface area contributed by atoms with Crippen molar-refractivity contribution in [3.05, 3.63) is 53.6 Å². The highest BCUT2D eigenvalue weighted by Gasteiger charge is 2.20. The fourth-order valence-corrected chi connectivity index (χ4v) is 2.66. The van der Waals surface area contributed by atoms with Crippen molar-refractivity contribution in [2.75, 3.05) is 10.5 Å². The number of sulfonamides is 1. The predicted molar refractivity (Wildman–Crippen MR) is 72.7 cm³/mol. The van der Waals surface area contributed by atoms with Gasteiger partial charge in [-0.3, -0.25) is 4.72 Å². The summed E-state index contributed by atoms with van der Waals surface area (Å²) in [5.41, 5.74) is 4.82. The van der Waals surface area contributed by atoms with Crippen molar-refractivity contribution in [2.45, 2.75) is 4.90 Å². The summed E-state index contributed by atoms with van der Waals surface area (Å²) < 4.78 is 52.8. The van der Waals surface area contributed by atoms with Gasteiger partial charge < -0.3 is 5.73 Å². The Morgan fingerprint density at radius 2 is 1.71 bits per heavy atom. The van der Waals surface area contributed by atoms with E-state index in [1.807, 2.05) is 10.8 Å². The number of rotatable bonds is 3. The van der Waals surface area contributed by atoms with Gasteiger partial charge in [0.25, 0.3) is 10.0 Å². The van der Waals surface area contributed by atoms with Crippen molar-refractivity contribution in [1.29, 1.82) is 5.26 Å². The first-order chi connectivity index (χ1) is 9.85. The maximum Gasteiger partial charge on any atom is 0.262 e. The van der Waals surface area contributed by atoms with Gasteiger partial charge in [0.2, 0.25) is 0 Å². The predicted octanol–water partition coefficient (Wildman–Crippen LogP) is 2.22. The van der Waals surface area contributed by atoms with E-state index in [9.17, 15) is 17.2 Å². The van der Waals surface area contributed by atoms with Crippen LogP contribution in [-0.2, 0) is 10.0 Å². The average molecular weight is 309 g/mol. The highest BCUT2D eigenvalue weighted by Crippen LogP contribution is 2.27. The molecule has 8 heteroatoms. The van der Waals surface area contributed by atoms with E-state index >= 15 is 0 Å². The number of nitrogens with two attached hydrogens (primary N) is 1. The highest BCUT2D eigenvalue weighted by atomic mass is 32.2. The van der Waals surface area contributed by atoms with E-state index < -0.39 is 27.3 Å². The average Bonchev–Trinajstić information content (AvgIpc) is 2.48. The highest BCUT2D eigenvalue weighted by molar-refractivity contribution is 7.92. The molecule has 21 heavy (non-hydrogen) atoms. The molecule has 108 valence electrons. The van der Waals surface area contributed by atoms with Crippen LogP contribution in [0.25, 0.3) is 0 Å². The van der Waals surface area contributed by atoms with Crippen LogP contribution < -0.4 is 10.5 Å². The minimum Gasteiger partial charge on any atom is -0.397 e. The van der Waals surface area contributed by atoms with Crippen LogP contribution in [0.3, 0.4) is 0 Å². The van der Waals surface area contributed by atoms with Crippen LogP contribution in [0.2, 0.25) is 0 Å². The van der Waals surface area contributed by atoms with Crippen LogP contribution in [0.15, 0.2) is 41.3 Å². The van der Waals surface area contributed by atoms with Gasteiger partial charge in [0.1, 0.15) is 5.69 Å². The second kappa shape index (κ2) is 5.38. The standard InChI is InChI=1S/C13H9F2N3O2S/c14-10-5-6-11(17)13(12(10)15)18-21(19,20)9-3-1-8(7-16)2-4-9/h1-6,18H,17H2.